The minimum Gasteiger partial charge on any atom is -0.481 e. The van der Waals surface area contributed by atoms with Crippen molar-refractivity contribution in [1.29, 1.82) is 0 Å². The molecule has 2 rings (SSSR count). The number of aliphatic carboxylic acids is 2. The largest absolute Gasteiger partial charge is 0.481 e. The molecule has 0 radical (unpaired) electrons. The summed E-state index contributed by atoms with van der Waals surface area (Å²) in [6.45, 7) is 1.55. The normalized spacial score (nSPS) is 21.0. The number of alkyl halides is 1. The Labute approximate surface area is 137 Å². The first-order valence-corrected chi connectivity index (χ1v) is 8.04. The van der Waals surface area contributed by atoms with Crippen molar-refractivity contribution in [2.24, 2.45) is 5.41 Å². The molecule has 0 saturated heterocycles. The lowest BCUT2D eigenvalue weighted by atomic mass is 9.76. The maximum Gasteiger partial charge on any atom is 0.331 e. The zero-order valence-corrected chi connectivity index (χ0v) is 13.8. The first-order chi connectivity index (χ1) is 10.4. The Morgan fingerprint density at radius 3 is 2.55 bits per heavy atom. The summed E-state index contributed by atoms with van der Waals surface area (Å²) in [5.74, 6) is -2.09. The highest BCUT2D eigenvalue weighted by Gasteiger charge is 2.36. The number of carbonyl (C=O) groups is 2. The van der Waals surface area contributed by atoms with Gasteiger partial charge in [0.1, 0.15) is 0 Å². The number of hydrogen-bond donors (Lipinski definition) is 2. The zero-order chi connectivity index (χ0) is 16.3. The molecular formula is C17H17BrO4. The van der Waals surface area contributed by atoms with E-state index in [2.05, 4.69) is 15.9 Å². The van der Waals surface area contributed by atoms with Gasteiger partial charge in [-0.25, -0.2) is 4.79 Å². The smallest absolute Gasteiger partial charge is 0.331 e. The molecule has 0 fully saturated rings. The first kappa shape index (κ1) is 16.5. The third kappa shape index (κ3) is 3.30. The lowest BCUT2D eigenvalue weighted by molar-refractivity contribution is -0.145. The summed E-state index contributed by atoms with van der Waals surface area (Å²) in [5.41, 5.74) is 1.51. The molecule has 1 unspecified atom stereocenters. The molecule has 0 bridgehead atoms. The van der Waals surface area contributed by atoms with Crippen molar-refractivity contribution >= 4 is 33.4 Å². The summed E-state index contributed by atoms with van der Waals surface area (Å²) in [6.07, 6.45) is 4.02. The number of hydrogen-bond acceptors (Lipinski definition) is 2. The van der Waals surface area contributed by atoms with Crippen LogP contribution in [0, 0.1) is 5.41 Å². The Hall–Kier alpha value is -1.88. The van der Waals surface area contributed by atoms with Gasteiger partial charge in [-0.3, -0.25) is 4.79 Å². The van der Waals surface area contributed by atoms with E-state index in [0.29, 0.717) is 5.57 Å². The van der Waals surface area contributed by atoms with Crippen molar-refractivity contribution in [1.82, 2.24) is 0 Å². The average molecular weight is 365 g/mol. The lowest BCUT2D eigenvalue weighted by Gasteiger charge is -2.27. The maximum absolute atomic E-state index is 11.6. The van der Waals surface area contributed by atoms with Gasteiger partial charge in [0.25, 0.3) is 0 Å². The molecule has 1 atom stereocenters. The van der Waals surface area contributed by atoms with Gasteiger partial charge in [-0.2, -0.15) is 0 Å². The summed E-state index contributed by atoms with van der Waals surface area (Å²) in [4.78, 5) is 22.9. The van der Waals surface area contributed by atoms with E-state index < -0.39 is 17.4 Å². The fourth-order valence-electron chi connectivity index (χ4n) is 2.62. The molecule has 1 aromatic rings. The number of carboxylic acids is 2. The maximum atomic E-state index is 11.6. The van der Waals surface area contributed by atoms with E-state index in [1.54, 1.807) is 19.1 Å². The number of halogens is 1. The highest BCUT2D eigenvalue weighted by atomic mass is 79.9. The molecule has 0 heterocycles. The van der Waals surface area contributed by atoms with Crippen LogP contribution in [0.3, 0.4) is 0 Å². The Morgan fingerprint density at radius 1 is 1.27 bits per heavy atom. The quantitative estimate of drug-likeness (QED) is 0.783. The first-order valence-electron chi connectivity index (χ1n) is 6.92. The van der Waals surface area contributed by atoms with Crippen molar-refractivity contribution in [3.8, 4) is 0 Å². The molecule has 0 aliphatic heterocycles. The lowest BCUT2D eigenvalue weighted by Crippen LogP contribution is -2.29. The predicted molar refractivity (Wildman–Crippen MR) is 88.0 cm³/mol. The number of allylic oxidation sites excluding steroid dienone is 2. The molecule has 116 valence electrons. The minimum atomic E-state index is -1.21. The fourth-order valence-corrected chi connectivity index (χ4v) is 3.05. The molecule has 5 heteroatoms. The van der Waals surface area contributed by atoms with Crippen molar-refractivity contribution in [3.05, 3.63) is 53.1 Å². The predicted octanol–water partition coefficient (Wildman–Crippen LogP) is 3.51. The summed E-state index contributed by atoms with van der Waals surface area (Å²) in [7, 11) is 0. The molecule has 2 N–H and O–H groups in total. The van der Waals surface area contributed by atoms with Gasteiger partial charge in [0, 0.05) is 10.9 Å². The summed E-state index contributed by atoms with van der Waals surface area (Å²) in [6, 6.07) is 7.66. The molecule has 0 saturated carbocycles. The highest BCUT2D eigenvalue weighted by Crippen LogP contribution is 2.38. The topological polar surface area (TPSA) is 74.6 Å². The van der Waals surface area contributed by atoms with E-state index in [1.165, 1.54) is 0 Å². The molecular weight excluding hydrogens is 348 g/mol. The Kier molecular flexibility index (Phi) is 4.86. The number of benzene rings is 1. The Bertz CT molecular complexity index is 675. The van der Waals surface area contributed by atoms with Crippen LogP contribution in [0.1, 0.15) is 24.5 Å². The van der Waals surface area contributed by atoms with Crippen LogP contribution in [-0.4, -0.2) is 27.5 Å². The van der Waals surface area contributed by atoms with Gasteiger partial charge in [0.2, 0.25) is 0 Å². The average Bonchev–Trinajstić information content (AvgIpc) is 2.47. The van der Waals surface area contributed by atoms with E-state index in [-0.39, 0.29) is 12.0 Å². The van der Waals surface area contributed by atoms with E-state index >= 15 is 0 Å². The van der Waals surface area contributed by atoms with Crippen molar-refractivity contribution in [2.75, 3.05) is 5.33 Å². The fraction of sp³-hybridized carbons (Fsp3) is 0.294. The number of rotatable bonds is 5. The van der Waals surface area contributed by atoms with Gasteiger partial charge in [-0.1, -0.05) is 46.3 Å². The molecule has 1 aliphatic rings. The Morgan fingerprint density at radius 2 is 1.95 bits per heavy atom. The minimum absolute atomic E-state index is 0.0121. The summed E-state index contributed by atoms with van der Waals surface area (Å²) >= 11 is 3.40. The molecule has 1 aliphatic carbocycles. The SMILES string of the molecule is CC1(C(=O)O)C=C(c2ccccc2CCBr)C=C(C(=O)O)C1. The van der Waals surface area contributed by atoms with Gasteiger partial charge in [-0.05, 0) is 42.5 Å². The van der Waals surface area contributed by atoms with E-state index in [0.717, 1.165) is 22.9 Å². The molecule has 1 aromatic carbocycles. The van der Waals surface area contributed by atoms with Gasteiger partial charge < -0.3 is 10.2 Å². The van der Waals surface area contributed by atoms with E-state index in [1.807, 2.05) is 24.3 Å². The summed E-state index contributed by atoms with van der Waals surface area (Å²) in [5, 5.41) is 19.5. The second-order valence-electron chi connectivity index (χ2n) is 5.57. The van der Waals surface area contributed by atoms with Gasteiger partial charge in [0.15, 0.2) is 0 Å². The van der Waals surface area contributed by atoms with Crippen LogP contribution in [0.25, 0.3) is 5.57 Å². The van der Waals surface area contributed by atoms with E-state index in [9.17, 15) is 19.8 Å². The second-order valence-corrected chi connectivity index (χ2v) is 6.36. The summed E-state index contributed by atoms with van der Waals surface area (Å²) < 4.78 is 0. The van der Waals surface area contributed by atoms with Gasteiger partial charge in [0.05, 0.1) is 5.41 Å². The van der Waals surface area contributed by atoms with Crippen molar-refractivity contribution in [2.45, 2.75) is 19.8 Å². The van der Waals surface area contributed by atoms with Crippen LogP contribution < -0.4 is 0 Å². The third-order valence-corrected chi connectivity index (χ3v) is 4.21. The highest BCUT2D eigenvalue weighted by molar-refractivity contribution is 9.09. The monoisotopic (exact) mass is 364 g/mol. The van der Waals surface area contributed by atoms with Crippen molar-refractivity contribution in [3.63, 3.8) is 0 Å². The molecule has 4 nitrogen and oxygen atoms in total. The van der Waals surface area contributed by atoms with Crippen LogP contribution in [0.5, 0.6) is 0 Å². The second kappa shape index (κ2) is 6.48. The number of carboxylic acid groups (broad SMARTS) is 2. The standard InChI is InChI=1S/C17H17BrO4/c1-17(16(21)22)9-12(8-13(10-17)15(19)20)14-5-3-2-4-11(14)6-7-18/h2-5,8-9H,6-7,10H2,1H3,(H,19,20)(H,21,22). The van der Waals surface area contributed by atoms with Crippen LogP contribution in [-0.2, 0) is 16.0 Å². The van der Waals surface area contributed by atoms with Crippen LogP contribution in [0.4, 0.5) is 0 Å². The van der Waals surface area contributed by atoms with Crippen molar-refractivity contribution < 1.29 is 19.8 Å². The van der Waals surface area contributed by atoms with Crippen LogP contribution in [0.2, 0.25) is 0 Å². The molecule has 0 spiro atoms. The third-order valence-electron chi connectivity index (χ3n) is 3.82. The molecule has 0 aromatic heterocycles. The van der Waals surface area contributed by atoms with Gasteiger partial charge >= 0.3 is 11.9 Å². The molecule has 0 amide bonds. The molecule has 22 heavy (non-hydrogen) atoms. The van der Waals surface area contributed by atoms with E-state index in [4.69, 9.17) is 0 Å². The number of aryl methyl sites for hydroxylation is 1. The van der Waals surface area contributed by atoms with Gasteiger partial charge in [-0.15, -0.1) is 0 Å². The van der Waals surface area contributed by atoms with Crippen LogP contribution >= 0.6 is 15.9 Å². The Balaban J connectivity index is 2.58. The van der Waals surface area contributed by atoms with Crippen LogP contribution in [0.15, 0.2) is 42.0 Å². The zero-order valence-electron chi connectivity index (χ0n) is 12.2.